The van der Waals surface area contributed by atoms with Crippen LogP contribution in [0.15, 0.2) is 24.3 Å². The van der Waals surface area contributed by atoms with E-state index in [4.69, 9.17) is 0 Å². The fourth-order valence-corrected chi connectivity index (χ4v) is 8.02. The minimum absolute atomic E-state index is 0.0542. The normalized spacial score (nSPS) is 36.2. The van der Waals surface area contributed by atoms with Crippen molar-refractivity contribution in [2.45, 2.75) is 44.5 Å². The van der Waals surface area contributed by atoms with Gasteiger partial charge in [0.2, 0.25) is 0 Å². The maximum absolute atomic E-state index is 13.0. The van der Waals surface area contributed by atoms with E-state index in [-0.39, 0.29) is 22.8 Å². The molecule has 2 aliphatic carbocycles. The Morgan fingerprint density at radius 2 is 2.00 bits per heavy atom. The van der Waals surface area contributed by atoms with Gasteiger partial charge in [0.05, 0.1) is 0 Å². The Labute approximate surface area is 123 Å². The Hall–Kier alpha value is -0.571. The Bertz CT molecular complexity index is 540. The third-order valence-electron chi connectivity index (χ3n) is 5.85. The molecule has 3 rings (SSSR count). The van der Waals surface area contributed by atoms with E-state index in [1.54, 1.807) is 12.1 Å². The van der Waals surface area contributed by atoms with E-state index in [0.29, 0.717) is 11.2 Å². The predicted octanol–water partition coefficient (Wildman–Crippen LogP) is 2.64. The average molecular weight is 343 g/mol. The monoisotopic (exact) mass is 344 g/mol. The van der Waals surface area contributed by atoms with Crippen molar-refractivity contribution in [3.63, 3.8) is 0 Å². The van der Waals surface area contributed by atoms with Gasteiger partial charge in [0.25, 0.3) is 0 Å². The molecule has 1 N–H and O–H groups in total. The molecule has 4 heteroatoms. The zero-order valence-corrected chi connectivity index (χ0v) is 13.6. The minimum atomic E-state index is -2.24. The Kier molecular flexibility index (Phi) is 3.39. The first kappa shape index (κ1) is 14.4. The van der Waals surface area contributed by atoms with Crippen molar-refractivity contribution in [2.75, 3.05) is 0 Å². The zero-order valence-electron chi connectivity index (χ0n) is 11.9. The van der Waals surface area contributed by atoms with E-state index in [0.717, 1.165) is 23.7 Å². The average Bonchev–Trinajstić information content (AvgIpc) is 2.73. The van der Waals surface area contributed by atoms with E-state index < -0.39 is 13.8 Å². The van der Waals surface area contributed by atoms with Gasteiger partial charge in [-0.05, 0) is 0 Å². The summed E-state index contributed by atoms with van der Waals surface area (Å²) in [5, 5.41) is 11.0. The summed E-state index contributed by atoms with van der Waals surface area (Å²) in [7, 11) is 0. The molecule has 0 saturated heterocycles. The van der Waals surface area contributed by atoms with Gasteiger partial charge in [-0.25, -0.2) is 0 Å². The summed E-state index contributed by atoms with van der Waals surface area (Å²) in [5.74, 6) is 0.248. The Morgan fingerprint density at radius 3 is 2.50 bits per heavy atom. The van der Waals surface area contributed by atoms with E-state index >= 15 is 0 Å². The van der Waals surface area contributed by atoms with Gasteiger partial charge < -0.3 is 0 Å². The molecule has 1 unspecified atom stereocenters. The van der Waals surface area contributed by atoms with Crippen molar-refractivity contribution in [1.29, 1.82) is 0 Å². The van der Waals surface area contributed by atoms with E-state index in [1.807, 2.05) is 0 Å². The first-order chi connectivity index (χ1) is 9.37. The molecular formula is C16H21FO2Se. The van der Waals surface area contributed by atoms with Gasteiger partial charge in [-0.15, -0.1) is 0 Å². The molecule has 0 radical (unpaired) electrons. The molecule has 2 nitrogen and oxygen atoms in total. The number of halogens is 1. The summed E-state index contributed by atoms with van der Waals surface area (Å²) in [6.45, 7) is 4.43. The number of fused-ring (bicyclic) bond motifs is 2. The Balaban J connectivity index is 1.86. The molecule has 1 aromatic rings. The van der Waals surface area contributed by atoms with Crippen LogP contribution in [-0.2, 0) is 3.83 Å². The van der Waals surface area contributed by atoms with Gasteiger partial charge in [0.1, 0.15) is 0 Å². The van der Waals surface area contributed by atoms with Crippen molar-refractivity contribution >= 4 is 18.3 Å². The molecule has 0 spiro atoms. The number of aliphatic hydroxyl groups excluding tert-OH is 1. The summed E-state index contributed by atoms with van der Waals surface area (Å²) in [6, 6.07) is 6.00. The standard InChI is InChI=1S/C16H21FO2Se/c1-15(2)11-7-8-16(15,14(18)9-11)10-20(19)13-5-3-12(17)4-6-13/h3-6,11,14,18H,7-10H2,1-2H3/t11-,14-,16-,20?/m1/s1. The molecule has 4 atom stereocenters. The maximum atomic E-state index is 13.0. The second-order valence-corrected chi connectivity index (χ2v) is 9.85. The van der Waals surface area contributed by atoms with Crippen molar-refractivity contribution < 1.29 is 13.3 Å². The SMILES string of the molecule is CC1(C)[C@@H]2CC[C@@]1(C[Se](=O)c1ccc(F)cc1)[C@H](O)C2. The molecule has 1 aromatic carbocycles. The van der Waals surface area contributed by atoms with Crippen molar-refractivity contribution in [3.8, 4) is 0 Å². The van der Waals surface area contributed by atoms with Crippen LogP contribution in [0.2, 0.25) is 5.32 Å². The van der Waals surface area contributed by atoms with Gasteiger partial charge in [0.15, 0.2) is 0 Å². The van der Waals surface area contributed by atoms with Crippen LogP contribution in [0.5, 0.6) is 0 Å². The number of aliphatic hydroxyl groups is 1. The third kappa shape index (κ3) is 1.93. The van der Waals surface area contributed by atoms with Crippen LogP contribution < -0.4 is 4.46 Å². The molecule has 0 heterocycles. The molecule has 2 aliphatic rings. The number of hydrogen-bond donors (Lipinski definition) is 1. The molecule has 0 amide bonds. The summed E-state index contributed by atoms with van der Waals surface area (Å²) in [6.07, 6.45) is 2.61. The Morgan fingerprint density at radius 1 is 1.35 bits per heavy atom. The summed E-state index contributed by atoms with van der Waals surface area (Å²) in [5.41, 5.74) is -0.156. The molecule has 2 saturated carbocycles. The number of rotatable bonds is 3. The molecule has 2 fully saturated rings. The van der Waals surface area contributed by atoms with Gasteiger partial charge in [-0.2, -0.15) is 0 Å². The number of benzene rings is 1. The van der Waals surface area contributed by atoms with Crippen LogP contribution in [0.25, 0.3) is 0 Å². The quantitative estimate of drug-likeness (QED) is 0.857. The van der Waals surface area contributed by atoms with E-state index in [2.05, 4.69) is 13.8 Å². The first-order valence-electron chi connectivity index (χ1n) is 7.19. The van der Waals surface area contributed by atoms with Crippen LogP contribution in [0, 0.1) is 22.6 Å². The fourth-order valence-electron chi connectivity index (χ4n) is 4.28. The molecule has 2 bridgehead atoms. The first-order valence-corrected chi connectivity index (χ1v) is 9.95. The summed E-state index contributed by atoms with van der Waals surface area (Å²) >= 11 is -2.24. The predicted molar refractivity (Wildman–Crippen MR) is 76.8 cm³/mol. The summed E-state index contributed by atoms with van der Waals surface area (Å²) < 4.78 is 26.4. The topological polar surface area (TPSA) is 37.3 Å². The van der Waals surface area contributed by atoms with Gasteiger partial charge in [-0.1, -0.05) is 0 Å². The van der Waals surface area contributed by atoms with Gasteiger partial charge in [-0.3, -0.25) is 0 Å². The van der Waals surface area contributed by atoms with E-state index in [9.17, 15) is 13.3 Å². The van der Waals surface area contributed by atoms with E-state index in [1.165, 1.54) is 12.1 Å². The molecule has 0 aromatic heterocycles. The van der Waals surface area contributed by atoms with Crippen molar-refractivity contribution in [2.24, 2.45) is 16.7 Å². The third-order valence-corrected chi connectivity index (χ3v) is 9.16. The molecule has 110 valence electrons. The number of hydrogen-bond acceptors (Lipinski definition) is 2. The second-order valence-electron chi connectivity index (χ2n) is 6.81. The van der Waals surface area contributed by atoms with Crippen LogP contribution in [0.4, 0.5) is 4.39 Å². The van der Waals surface area contributed by atoms with Crippen molar-refractivity contribution in [1.82, 2.24) is 0 Å². The summed E-state index contributed by atoms with van der Waals surface area (Å²) in [4.78, 5) is 0. The van der Waals surface area contributed by atoms with Crippen molar-refractivity contribution in [3.05, 3.63) is 30.1 Å². The zero-order chi connectivity index (χ0) is 14.5. The van der Waals surface area contributed by atoms with Crippen LogP contribution in [-0.4, -0.2) is 25.0 Å². The molecule has 20 heavy (non-hydrogen) atoms. The molecule has 0 aliphatic heterocycles. The molecular weight excluding hydrogens is 322 g/mol. The van der Waals surface area contributed by atoms with Gasteiger partial charge >= 0.3 is 123 Å². The van der Waals surface area contributed by atoms with Crippen LogP contribution >= 0.6 is 0 Å². The second kappa shape index (κ2) is 4.72. The fraction of sp³-hybridized carbons (Fsp3) is 0.625. The van der Waals surface area contributed by atoms with Crippen LogP contribution in [0.1, 0.15) is 33.1 Å². The van der Waals surface area contributed by atoms with Gasteiger partial charge in [0, 0.05) is 0 Å². The van der Waals surface area contributed by atoms with Crippen LogP contribution in [0.3, 0.4) is 0 Å².